The fourth-order valence-corrected chi connectivity index (χ4v) is 1.95. The topological polar surface area (TPSA) is 102 Å². The van der Waals surface area contributed by atoms with E-state index in [1.807, 2.05) is 12.1 Å². The molecule has 6 nitrogen and oxygen atoms in total. The number of aromatic hydroxyl groups is 1. The van der Waals surface area contributed by atoms with Gasteiger partial charge in [-0.1, -0.05) is 12.1 Å². The van der Waals surface area contributed by atoms with E-state index in [2.05, 4.69) is 31.1 Å². The molecule has 2 N–H and O–H groups in total. The molecule has 1 aromatic heterocycles. The quantitative estimate of drug-likeness (QED) is 0.823. The Morgan fingerprint density at radius 2 is 2.05 bits per heavy atom. The van der Waals surface area contributed by atoms with Gasteiger partial charge in [0.05, 0.1) is 5.69 Å². The van der Waals surface area contributed by atoms with Gasteiger partial charge in [0.15, 0.2) is 5.69 Å². The molecule has 100 valence electrons. The molecule has 7 heteroatoms. The van der Waals surface area contributed by atoms with Crippen LogP contribution in [0.4, 0.5) is 11.4 Å². The van der Waals surface area contributed by atoms with E-state index in [4.69, 9.17) is 5.26 Å². The third-order valence-corrected chi connectivity index (χ3v) is 3.31. The number of hydrogen-bond acceptors (Lipinski definition) is 5. The highest BCUT2D eigenvalue weighted by atomic mass is 79.9. The summed E-state index contributed by atoms with van der Waals surface area (Å²) < 4.78 is 0.733. The molecule has 2 rings (SSSR count). The van der Waals surface area contributed by atoms with Crippen molar-refractivity contribution in [3.63, 3.8) is 0 Å². The zero-order valence-electron chi connectivity index (χ0n) is 10.4. The van der Waals surface area contributed by atoms with Crippen LogP contribution in [-0.4, -0.2) is 10.1 Å². The number of nitrogens with one attached hydrogen (secondary N) is 1. The van der Waals surface area contributed by atoms with Gasteiger partial charge in [0.2, 0.25) is 5.88 Å². The first kappa shape index (κ1) is 14.0. The minimum atomic E-state index is -0.602. The first-order valence-corrected chi connectivity index (χ1v) is 6.36. The summed E-state index contributed by atoms with van der Waals surface area (Å²) >= 11 is 3.31. The van der Waals surface area contributed by atoms with Crippen LogP contribution in [0.3, 0.4) is 0 Å². The predicted molar refractivity (Wildman–Crippen MR) is 76.5 cm³/mol. The molecule has 0 spiro atoms. The van der Waals surface area contributed by atoms with Gasteiger partial charge in [-0.15, -0.1) is 10.2 Å². The minimum absolute atomic E-state index is 0.00453. The maximum atomic E-state index is 11.7. The van der Waals surface area contributed by atoms with Crippen LogP contribution in [0.1, 0.15) is 11.1 Å². The van der Waals surface area contributed by atoms with Gasteiger partial charge in [0.25, 0.3) is 5.56 Å². The Bertz CT molecular complexity index is 790. The Labute approximate surface area is 122 Å². The van der Waals surface area contributed by atoms with Crippen LogP contribution in [0, 0.1) is 18.3 Å². The average molecular weight is 333 g/mol. The number of halogens is 1. The minimum Gasteiger partial charge on any atom is -0.494 e. The van der Waals surface area contributed by atoms with E-state index in [1.54, 1.807) is 18.2 Å². The van der Waals surface area contributed by atoms with Crippen molar-refractivity contribution in [3.05, 3.63) is 50.2 Å². The van der Waals surface area contributed by atoms with E-state index in [0.29, 0.717) is 5.69 Å². The highest BCUT2D eigenvalue weighted by Gasteiger charge is 2.13. The van der Waals surface area contributed by atoms with Gasteiger partial charge in [-0.3, -0.25) is 9.78 Å². The largest absolute Gasteiger partial charge is 0.494 e. The molecular weight excluding hydrogens is 324 g/mol. The Morgan fingerprint density at radius 1 is 1.35 bits per heavy atom. The predicted octanol–water partition coefficient (Wildman–Crippen LogP) is 3.44. The Hall–Kier alpha value is -2.46. The van der Waals surface area contributed by atoms with Gasteiger partial charge in [0.1, 0.15) is 11.6 Å². The highest BCUT2D eigenvalue weighted by molar-refractivity contribution is 9.10. The summed E-state index contributed by atoms with van der Waals surface area (Å²) in [5, 5.41) is 26.2. The van der Waals surface area contributed by atoms with Crippen molar-refractivity contribution in [1.82, 2.24) is 4.98 Å². The summed E-state index contributed by atoms with van der Waals surface area (Å²) in [7, 11) is 0. The van der Waals surface area contributed by atoms with Crippen molar-refractivity contribution in [2.45, 2.75) is 6.92 Å². The van der Waals surface area contributed by atoms with Gasteiger partial charge in [0, 0.05) is 10.0 Å². The lowest BCUT2D eigenvalue weighted by Gasteiger charge is -2.03. The average Bonchev–Trinajstić information content (AvgIpc) is 2.40. The van der Waals surface area contributed by atoms with E-state index >= 15 is 0 Å². The molecule has 0 saturated heterocycles. The number of pyridine rings is 1. The molecule has 0 amide bonds. The van der Waals surface area contributed by atoms with Crippen LogP contribution in [0.25, 0.3) is 0 Å². The van der Waals surface area contributed by atoms with Gasteiger partial charge in [-0.2, -0.15) is 5.26 Å². The number of aromatic nitrogens is 1. The lowest BCUT2D eigenvalue weighted by atomic mass is 10.1. The van der Waals surface area contributed by atoms with Crippen LogP contribution >= 0.6 is 15.9 Å². The zero-order valence-corrected chi connectivity index (χ0v) is 12.0. The summed E-state index contributed by atoms with van der Waals surface area (Å²) in [6, 6.07) is 8.94. The van der Waals surface area contributed by atoms with E-state index in [9.17, 15) is 9.90 Å². The first-order valence-electron chi connectivity index (χ1n) is 5.56. The second-order valence-electron chi connectivity index (χ2n) is 3.91. The van der Waals surface area contributed by atoms with Crippen molar-refractivity contribution < 1.29 is 5.11 Å². The van der Waals surface area contributed by atoms with Crippen LogP contribution in [-0.2, 0) is 0 Å². The van der Waals surface area contributed by atoms with E-state index in [0.717, 1.165) is 4.47 Å². The molecule has 0 saturated carbocycles. The Kier molecular flexibility index (Phi) is 3.96. The smallest absolute Gasteiger partial charge is 0.278 e. The molecule has 2 aromatic rings. The van der Waals surface area contributed by atoms with Gasteiger partial charge >= 0.3 is 0 Å². The number of rotatable bonds is 2. The fourth-order valence-electron chi connectivity index (χ4n) is 1.59. The third kappa shape index (κ3) is 2.60. The van der Waals surface area contributed by atoms with Crippen molar-refractivity contribution in [1.29, 1.82) is 5.26 Å². The summed E-state index contributed by atoms with van der Waals surface area (Å²) in [5.41, 5.74) is 0.207. The maximum absolute atomic E-state index is 11.7. The number of azo groups is 1. The molecule has 0 bridgehead atoms. The van der Waals surface area contributed by atoms with Crippen LogP contribution in [0.15, 0.2) is 43.8 Å². The standard InChI is InChI=1S/C13H9BrN4O2/c1-7-8(6-15)12(19)16-13(20)11(7)18-17-10-5-3-2-4-9(10)14/h2-5H,1H3,(H2,16,19,20). The zero-order chi connectivity index (χ0) is 14.7. The molecule has 0 fully saturated rings. The first-order chi connectivity index (χ1) is 9.54. The lowest BCUT2D eigenvalue weighted by Crippen LogP contribution is -2.08. The van der Waals surface area contributed by atoms with Crippen LogP contribution in [0.5, 0.6) is 5.88 Å². The number of nitriles is 1. The summed E-state index contributed by atoms with van der Waals surface area (Å²) in [6.45, 7) is 1.53. The maximum Gasteiger partial charge on any atom is 0.278 e. The molecule has 0 atom stereocenters. The van der Waals surface area contributed by atoms with Crippen molar-refractivity contribution >= 4 is 27.3 Å². The monoisotopic (exact) mass is 332 g/mol. The molecule has 20 heavy (non-hydrogen) atoms. The summed E-state index contributed by atoms with van der Waals surface area (Å²) in [5.74, 6) is -0.463. The van der Waals surface area contributed by atoms with Gasteiger partial charge < -0.3 is 5.11 Å². The number of hydrogen-bond donors (Lipinski definition) is 2. The number of aromatic amines is 1. The number of H-pyrrole nitrogens is 1. The van der Waals surface area contributed by atoms with Crippen molar-refractivity contribution in [2.75, 3.05) is 0 Å². The normalized spacial score (nSPS) is 10.7. The van der Waals surface area contributed by atoms with E-state index in [1.165, 1.54) is 6.92 Å². The van der Waals surface area contributed by atoms with Gasteiger partial charge in [-0.25, -0.2) is 0 Å². The van der Waals surface area contributed by atoms with E-state index in [-0.39, 0.29) is 16.8 Å². The second kappa shape index (κ2) is 5.67. The molecule has 0 aliphatic heterocycles. The molecule has 1 heterocycles. The van der Waals surface area contributed by atoms with E-state index < -0.39 is 11.4 Å². The fraction of sp³-hybridized carbons (Fsp3) is 0.0769. The van der Waals surface area contributed by atoms with Crippen molar-refractivity contribution in [2.24, 2.45) is 10.2 Å². The van der Waals surface area contributed by atoms with Crippen LogP contribution in [0.2, 0.25) is 0 Å². The Morgan fingerprint density at radius 3 is 2.70 bits per heavy atom. The molecule has 0 radical (unpaired) electrons. The molecule has 0 unspecified atom stereocenters. The summed E-state index contributed by atoms with van der Waals surface area (Å²) in [4.78, 5) is 13.9. The highest BCUT2D eigenvalue weighted by Crippen LogP contribution is 2.28. The number of benzene rings is 1. The molecule has 0 aliphatic rings. The molecule has 0 aliphatic carbocycles. The Balaban J connectivity index is 2.53. The molecular formula is C13H9BrN4O2. The second-order valence-corrected chi connectivity index (χ2v) is 4.77. The third-order valence-electron chi connectivity index (χ3n) is 2.64. The summed E-state index contributed by atoms with van der Waals surface area (Å²) in [6.07, 6.45) is 0. The SMILES string of the molecule is Cc1c(C#N)c(O)[nH]c(=O)c1N=Nc1ccccc1Br. The van der Waals surface area contributed by atoms with Crippen LogP contribution < -0.4 is 5.56 Å². The lowest BCUT2D eigenvalue weighted by molar-refractivity contribution is 0.449. The van der Waals surface area contributed by atoms with Crippen molar-refractivity contribution in [3.8, 4) is 11.9 Å². The number of nitrogens with zero attached hydrogens (tertiary/aromatic N) is 3. The van der Waals surface area contributed by atoms with Gasteiger partial charge in [-0.05, 0) is 35.0 Å². The molecule has 1 aromatic carbocycles.